The van der Waals surface area contributed by atoms with Crippen LogP contribution in [0.2, 0.25) is 10.0 Å². The normalized spacial score (nSPS) is 19.2. The molecule has 0 bridgehead atoms. The first-order valence-electron chi connectivity index (χ1n) is 8.57. The molecule has 1 aliphatic rings. The average Bonchev–Trinajstić information content (AvgIpc) is 3.47. The largest absolute Gasteiger partial charge is 0.459 e. The number of amides is 1. The molecule has 1 aliphatic carbocycles. The van der Waals surface area contributed by atoms with Gasteiger partial charge in [0.15, 0.2) is 6.10 Å². The number of carbonyl (C=O) groups excluding carboxylic acids is 2. The van der Waals surface area contributed by atoms with E-state index >= 15 is 0 Å². The first-order chi connectivity index (χ1) is 13.0. The molecule has 0 radical (unpaired) electrons. The highest BCUT2D eigenvalue weighted by atomic mass is 35.5. The standard InChI is InChI=1S/C20H19Cl2NO4/c21-16-8-4-7-13(18(16)22)14-9-15(14)19(25)23-10-17(24)20(26)27-11-12-5-2-1-3-6-12/h1-8,14-15,17,24H,9-11H2,(H,23,25)/t14-,15-,17-/m1/s1. The summed E-state index contributed by atoms with van der Waals surface area (Å²) in [6.07, 6.45) is -0.759. The Balaban J connectivity index is 1.44. The number of hydrogen-bond acceptors (Lipinski definition) is 4. The van der Waals surface area contributed by atoms with Gasteiger partial charge in [-0.25, -0.2) is 4.79 Å². The molecular weight excluding hydrogens is 389 g/mol. The van der Waals surface area contributed by atoms with E-state index in [0.29, 0.717) is 16.5 Å². The predicted octanol–water partition coefficient (Wildman–Crippen LogP) is 3.32. The van der Waals surface area contributed by atoms with Crippen LogP contribution in [0.3, 0.4) is 0 Å². The minimum absolute atomic E-state index is 0.00150. The van der Waals surface area contributed by atoms with Crippen molar-refractivity contribution in [3.05, 3.63) is 69.7 Å². The number of esters is 1. The van der Waals surface area contributed by atoms with Gasteiger partial charge in [-0.3, -0.25) is 4.79 Å². The second kappa shape index (κ2) is 8.74. The summed E-state index contributed by atoms with van der Waals surface area (Å²) in [6, 6.07) is 14.5. The summed E-state index contributed by atoms with van der Waals surface area (Å²) < 4.78 is 5.05. The zero-order valence-electron chi connectivity index (χ0n) is 14.4. The summed E-state index contributed by atoms with van der Waals surface area (Å²) >= 11 is 12.2. The van der Waals surface area contributed by atoms with Crippen molar-refractivity contribution in [1.82, 2.24) is 5.32 Å². The molecule has 1 saturated carbocycles. The molecule has 2 aromatic carbocycles. The molecular formula is C20H19Cl2NO4. The van der Waals surface area contributed by atoms with Crippen LogP contribution >= 0.6 is 23.2 Å². The van der Waals surface area contributed by atoms with Gasteiger partial charge in [0, 0.05) is 5.92 Å². The van der Waals surface area contributed by atoms with Crippen molar-refractivity contribution < 1.29 is 19.4 Å². The van der Waals surface area contributed by atoms with Crippen LogP contribution in [0.25, 0.3) is 0 Å². The van der Waals surface area contributed by atoms with E-state index in [-0.39, 0.29) is 30.9 Å². The van der Waals surface area contributed by atoms with Crippen LogP contribution in [0.15, 0.2) is 48.5 Å². The Morgan fingerprint density at radius 3 is 2.63 bits per heavy atom. The smallest absolute Gasteiger partial charge is 0.337 e. The number of carbonyl (C=O) groups is 2. The van der Waals surface area contributed by atoms with Crippen molar-refractivity contribution in [3.63, 3.8) is 0 Å². The van der Waals surface area contributed by atoms with Gasteiger partial charge < -0.3 is 15.2 Å². The van der Waals surface area contributed by atoms with E-state index in [0.717, 1.165) is 11.1 Å². The lowest BCUT2D eigenvalue weighted by Gasteiger charge is -2.12. The third-order valence-electron chi connectivity index (χ3n) is 4.47. The average molecular weight is 408 g/mol. The van der Waals surface area contributed by atoms with Gasteiger partial charge in [-0.05, 0) is 29.5 Å². The second-order valence-corrected chi connectivity index (χ2v) is 7.23. The van der Waals surface area contributed by atoms with E-state index in [2.05, 4.69) is 5.32 Å². The fraction of sp³-hybridized carbons (Fsp3) is 0.300. The van der Waals surface area contributed by atoms with Gasteiger partial charge in [0.2, 0.25) is 5.91 Å². The molecule has 0 aromatic heterocycles. The molecule has 2 N–H and O–H groups in total. The van der Waals surface area contributed by atoms with Gasteiger partial charge >= 0.3 is 5.97 Å². The van der Waals surface area contributed by atoms with Crippen LogP contribution < -0.4 is 5.32 Å². The van der Waals surface area contributed by atoms with Crippen molar-refractivity contribution in [2.45, 2.75) is 25.0 Å². The minimum atomic E-state index is -1.41. The van der Waals surface area contributed by atoms with Gasteiger partial charge in [0.25, 0.3) is 0 Å². The fourth-order valence-electron chi connectivity index (χ4n) is 2.87. The summed E-state index contributed by atoms with van der Waals surface area (Å²) in [7, 11) is 0. The summed E-state index contributed by atoms with van der Waals surface area (Å²) in [4.78, 5) is 24.1. The zero-order chi connectivity index (χ0) is 19.4. The van der Waals surface area contributed by atoms with Crippen LogP contribution in [0.1, 0.15) is 23.5 Å². The Morgan fingerprint density at radius 1 is 1.15 bits per heavy atom. The van der Waals surface area contributed by atoms with E-state index in [1.54, 1.807) is 12.1 Å². The molecule has 0 spiro atoms. The van der Waals surface area contributed by atoms with Crippen molar-refractivity contribution in [2.24, 2.45) is 5.92 Å². The van der Waals surface area contributed by atoms with Crippen molar-refractivity contribution in [3.8, 4) is 0 Å². The van der Waals surface area contributed by atoms with E-state index in [1.165, 1.54) is 0 Å². The van der Waals surface area contributed by atoms with Crippen LogP contribution in [-0.4, -0.2) is 29.6 Å². The maximum absolute atomic E-state index is 12.2. The second-order valence-electron chi connectivity index (χ2n) is 6.45. The number of hydrogen-bond donors (Lipinski definition) is 2. The molecule has 27 heavy (non-hydrogen) atoms. The maximum Gasteiger partial charge on any atom is 0.337 e. The number of rotatable bonds is 7. The molecule has 3 rings (SSSR count). The maximum atomic E-state index is 12.2. The van der Waals surface area contributed by atoms with Gasteiger partial charge in [-0.15, -0.1) is 0 Å². The lowest BCUT2D eigenvalue weighted by molar-refractivity contribution is -0.154. The fourth-order valence-corrected chi connectivity index (χ4v) is 3.32. The monoisotopic (exact) mass is 407 g/mol. The highest BCUT2D eigenvalue weighted by Gasteiger charge is 2.45. The Hall–Kier alpha value is -2.08. The molecule has 5 nitrogen and oxygen atoms in total. The minimum Gasteiger partial charge on any atom is -0.459 e. The number of aliphatic hydroxyl groups is 1. The zero-order valence-corrected chi connectivity index (χ0v) is 15.9. The number of halogens is 2. The van der Waals surface area contributed by atoms with Crippen molar-refractivity contribution in [1.29, 1.82) is 0 Å². The van der Waals surface area contributed by atoms with Gasteiger partial charge in [0.1, 0.15) is 6.61 Å². The first kappa shape index (κ1) is 19.7. The molecule has 7 heteroatoms. The quantitative estimate of drug-likeness (QED) is 0.690. The van der Waals surface area contributed by atoms with E-state index in [1.807, 2.05) is 36.4 Å². The molecule has 0 heterocycles. The number of ether oxygens (including phenoxy) is 1. The highest BCUT2D eigenvalue weighted by molar-refractivity contribution is 6.42. The first-order valence-corrected chi connectivity index (χ1v) is 9.33. The molecule has 0 aliphatic heterocycles. The van der Waals surface area contributed by atoms with Crippen LogP contribution in [-0.2, 0) is 20.9 Å². The van der Waals surface area contributed by atoms with E-state index < -0.39 is 12.1 Å². The lowest BCUT2D eigenvalue weighted by Crippen LogP contribution is -2.38. The highest BCUT2D eigenvalue weighted by Crippen LogP contribution is 2.50. The van der Waals surface area contributed by atoms with Crippen LogP contribution in [0, 0.1) is 5.92 Å². The molecule has 2 aromatic rings. The Bertz CT molecular complexity index is 828. The Labute approximate surface area is 167 Å². The van der Waals surface area contributed by atoms with E-state index in [9.17, 15) is 14.7 Å². The van der Waals surface area contributed by atoms with Crippen molar-refractivity contribution >= 4 is 35.1 Å². The predicted molar refractivity (Wildman–Crippen MR) is 103 cm³/mol. The molecule has 1 amide bonds. The van der Waals surface area contributed by atoms with Gasteiger partial charge in [0.05, 0.1) is 16.6 Å². The van der Waals surface area contributed by atoms with Gasteiger partial charge in [-0.1, -0.05) is 65.7 Å². The number of aliphatic hydroxyl groups excluding tert-OH is 1. The lowest BCUT2D eigenvalue weighted by atomic mass is 10.1. The Morgan fingerprint density at radius 2 is 1.89 bits per heavy atom. The van der Waals surface area contributed by atoms with Crippen molar-refractivity contribution in [2.75, 3.05) is 6.54 Å². The Kier molecular flexibility index (Phi) is 6.37. The summed E-state index contributed by atoms with van der Waals surface area (Å²) in [5, 5.41) is 13.4. The number of benzene rings is 2. The van der Waals surface area contributed by atoms with E-state index in [4.69, 9.17) is 27.9 Å². The molecule has 3 atom stereocenters. The summed E-state index contributed by atoms with van der Waals surface area (Å²) in [6.45, 7) is -0.123. The molecule has 1 fully saturated rings. The van der Waals surface area contributed by atoms with Gasteiger partial charge in [-0.2, -0.15) is 0 Å². The molecule has 0 unspecified atom stereocenters. The van der Waals surface area contributed by atoms with Crippen LogP contribution in [0.4, 0.5) is 0 Å². The van der Waals surface area contributed by atoms with Crippen LogP contribution in [0.5, 0.6) is 0 Å². The SMILES string of the molecule is O=C(OCc1ccccc1)[C@H](O)CNC(=O)[C@@H]1C[C@@H]1c1cccc(Cl)c1Cl. The third-order valence-corrected chi connectivity index (χ3v) is 5.31. The number of nitrogens with one attached hydrogen (secondary N) is 1. The summed E-state index contributed by atoms with van der Waals surface area (Å²) in [5.41, 5.74) is 1.66. The molecule has 0 saturated heterocycles. The summed E-state index contributed by atoms with van der Waals surface area (Å²) in [5.74, 6) is -1.25. The third kappa shape index (κ3) is 5.01. The molecule has 142 valence electrons. The topological polar surface area (TPSA) is 75.6 Å².